The molecule has 2 aromatic rings. The summed E-state index contributed by atoms with van der Waals surface area (Å²) in [5, 5.41) is 10.2. The van der Waals surface area contributed by atoms with Gasteiger partial charge in [-0.15, -0.1) is 0 Å². The van der Waals surface area contributed by atoms with Crippen LogP contribution >= 0.6 is 27.5 Å². The molecule has 5 heteroatoms. The molecule has 0 amide bonds. The zero-order chi connectivity index (χ0) is 15.4. The highest BCUT2D eigenvalue weighted by Crippen LogP contribution is 2.33. The van der Waals surface area contributed by atoms with Gasteiger partial charge in [0.25, 0.3) is 0 Å². The van der Waals surface area contributed by atoms with E-state index in [1.54, 1.807) is 36.4 Å². The Morgan fingerprint density at radius 3 is 2.76 bits per heavy atom. The fourth-order valence-electron chi connectivity index (χ4n) is 1.75. The molecule has 0 saturated heterocycles. The number of allylic oxidation sites excluding steroid dienone is 1. The van der Waals surface area contributed by atoms with Crippen molar-refractivity contribution in [2.45, 2.75) is 0 Å². The zero-order valence-corrected chi connectivity index (χ0v) is 13.5. The van der Waals surface area contributed by atoms with Crippen LogP contribution in [0.5, 0.6) is 11.5 Å². The number of carbonyl (C=O) groups excluding carboxylic acids is 1. The number of benzene rings is 2. The average Bonchev–Trinajstić information content (AvgIpc) is 2.46. The summed E-state index contributed by atoms with van der Waals surface area (Å²) in [4.78, 5) is 12.1. The first-order valence-electron chi connectivity index (χ1n) is 6.05. The monoisotopic (exact) mass is 366 g/mol. The molecule has 0 aliphatic rings. The zero-order valence-electron chi connectivity index (χ0n) is 11.1. The van der Waals surface area contributed by atoms with E-state index in [9.17, 15) is 9.90 Å². The van der Waals surface area contributed by atoms with Crippen molar-refractivity contribution in [2.24, 2.45) is 0 Å². The molecule has 0 heterocycles. The number of ether oxygens (including phenoxy) is 1. The van der Waals surface area contributed by atoms with E-state index in [4.69, 9.17) is 16.3 Å². The van der Waals surface area contributed by atoms with Gasteiger partial charge in [0.15, 0.2) is 17.3 Å². The normalized spacial score (nSPS) is 10.8. The summed E-state index contributed by atoms with van der Waals surface area (Å²) in [7, 11) is 1.47. The van der Waals surface area contributed by atoms with E-state index in [0.717, 1.165) is 5.56 Å². The topological polar surface area (TPSA) is 46.5 Å². The largest absolute Gasteiger partial charge is 0.504 e. The van der Waals surface area contributed by atoms with Crippen molar-refractivity contribution in [3.63, 3.8) is 0 Å². The van der Waals surface area contributed by atoms with Crippen molar-refractivity contribution >= 4 is 39.4 Å². The van der Waals surface area contributed by atoms with Crippen molar-refractivity contribution < 1.29 is 14.6 Å². The second-order valence-electron chi connectivity index (χ2n) is 4.25. The molecule has 2 aromatic carbocycles. The molecule has 1 N–H and O–H groups in total. The predicted molar refractivity (Wildman–Crippen MR) is 87.2 cm³/mol. The number of ketones is 1. The average molecular weight is 368 g/mol. The second kappa shape index (κ2) is 6.78. The minimum absolute atomic E-state index is 0.0303. The van der Waals surface area contributed by atoms with Gasteiger partial charge in [-0.1, -0.05) is 39.7 Å². The quantitative estimate of drug-likeness (QED) is 0.628. The molecule has 0 atom stereocenters. The number of hydrogen-bond donors (Lipinski definition) is 1. The van der Waals surface area contributed by atoms with E-state index < -0.39 is 0 Å². The van der Waals surface area contributed by atoms with Gasteiger partial charge < -0.3 is 9.84 Å². The lowest BCUT2D eigenvalue weighted by atomic mass is 10.1. The Morgan fingerprint density at radius 1 is 1.33 bits per heavy atom. The fraction of sp³-hybridized carbons (Fsp3) is 0.0625. The van der Waals surface area contributed by atoms with Crippen LogP contribution in [0.15, 0.2) is 46.9 Å². The lowest BCUT2D eigenvalue weighted by Crippen LogP contribution is -1.93. The summed E-state index contributed by atoms with van der Waals surface area (Å²) in [6.45, 7) is 0. The van der Waals surface area contributed by atoms with Crippen LogP contribution < -0.4 is 4.74 Å². The lowest BCUT2D eigenvalue weighted by molar-refractivity contribution is 0.104. The number of aromatic hydroxyl groups is 1. The number of phenols is 1. The molecule has 0 bridgehead atoms. The van der Waals surface area contributed by atoms with E-state index >= 15 is 0 Å². The van der Waals surface area contributed by atoms with Gasteiger partial charge in [-0.05, 0) is 42.0 Å². The summed E-state index contributed by atoms with van der Waals surface area (Å²) in [6.07, 6.45) is 3.09. The van der Waals surface area contributed by atoms with Crippen LogP contribution in [0.1, 0.15) is 15.9 Å². The molecule has 2 rings (SSSR count). The highest BCUT2D eigenvalue weighted by Gasteiger charge is 2.07. The van der Waals surface area contributed by atoms with E-state index in [1.807, 2.05) is 0 Å². The molecule has 0 saturated carbocycles. The predicted octanol–water partition coefficient (Wildman–Crippen LogP) is 4.71. The molecule has 0 aliphatic carbocycles. The third-order valence-electron chi connectivity index (χ3n) is 2.82. The van der Waals surface area contributed by atoms with E-state index in [1.165, 1.54) is 19.3 Å². The first-order chi connectivity index (χ1) is 10.0. The maximum atomic E-state index is 12.1. The van der Waals surface area contributed by atoms with Crippen molar-refractivity contribution in [3.05, 3.63) is 63.1 Å². The summed E-state index contributed by atoms with van der Waals surface area (Å²) in [5.41, 5.74) is 1.24. The fourth-order valence-corrected chi connectivity index (χ4v) is 2.41. The molecule has 0 unspecified atom stereocenters. The van der Waals surface area contributed by atoms with Crippen LogP contribution in [-0.4, -0.2) is 18.0 Å². The number of phenolic OH excluding ortho intramolecular Hbond substituents is 1. The number of methoxy groups -OCH3 is 1. The van der Waals surface area contributed by atoms with Crippen molar-refractivity contribution in [1.29, 1.82) is 0 Å². The summed E-state index contributed by atoms with van der Waals surface area (Å²) in [6, 6.07) is 9.90. The van der Waals surface area contributed by atoms with Gasteiger partial charge in [0.05, 0.1) is 7.11 Å². The van der Waals surface area contributed by atoms with Crippen molar-refractivity contribution in [2.75, 3.05) is 7.11 Å². The summed E-state index contributed by atoms with van der Waals surface area (Å²) >= 11 is 9.19. The van der Waals surface area contributed by atoms with Gasteiger partial charge in [-0.2, -0.15) is 0 Å². The molecular formula is C16H12BrClO3. The van der Waals surface area contributed by atoms with Crippen LogP contribution in [0.3, 0.4) is 0 Å². The smallest absolute Gasteiger partial charge is 0.185 e. The molecule has 0 fully saturated rings. The van der Waals surface area contributed by atoms with E-state index in [0.29, 0.717) is 20.8 Å². The lowest BCUT2D eigenvalue weighted by Gasteiger charge is -2.06. The standard InChI is InChI=1S/C16H12BrClO3/c1-21-16-8-10(13(17)9-15(16)20)5-6-14(19)11-3-2-4-12(18)7-11/h2-9,20H,1H3. The third kappa shape index (κ3) is 3.86. The summed E-state index contributed by atoms with van der Waals surface area (Å²) in [5.74, 6) is 0.215. The Kier molecular flexibility index (Phi) is 5.04. The molecule has 0 aromatic heterocycles. The Balaban J connectivity index is 2.27. The van der Waals surface area contributed by atoms with Crippen LogP contribution in [0.4, 0.5) is 0 Å². The molecule has 0 spiro atoms. The van der Waals surface area contributed by atoms with Crippen LogP contribution in [0.25, 0.3) is 6.08 Å². The first-order valence-corrected chi connectivity index (χ1v) is 7.23. The Labute approximate surface area is 135 Å². The number of hydrogen-bond acceptors (Lipinski definition) is 3. The van der Waals surface area contributed by atoms with Crippen molar-refractivity contribution in [1.82, 2.24) is 0 Å². The molecule has 21 heavy (non-hydrogen) atoms. The van der Waals surface area contributed by atoms with Gasteiger partial charge in [-0.3, -0.25) is 4.79 Å². The van der Waals surface area contributed by atoms with Gasteiger partial charge in [0.1, 0.15) is 0 Å². The molecule has 0 radical (unpaired) electrons. The Hall–Kier alpha value is -1.78. The maximum Gasteiger partial charge on any atom is 0.185 e. The molecule has 108 valence electrons. The van der Waals surface area contributed by atoms with E-state index in [2.05, 4.69) is 15.9 Å². The van der Waals surface area contributed by atoms with Crippen molar-refractivity contribution in [3.8, 4) is 11.5 Å². The van der Waals surface area contributed by atoms with Gasteiger partial charge in [0, 0.05) is 15.1 Å². The highest BCUT2D eigenvalue weighted by molar-refractivity contribution is 9.10. The molecular weight excluding hydrogens is 356 g/mol. The highest BCUT2D eigenvalue weighted by atomic mass is 79.9. The first kappa shape index (κ1) is 15.6. The Bertz CT molecular complexity index is 711. The number of carbonyl (C=O) groups is 1. The van der Waals surface area contributed by atoms with Gasteiger partial charge >= 0.3 is 0 Å². The van der Waals surface area contributed by atoms with Gasteiger partial charge in [0.2, 0.25) is 0 Å². The third-order valence-corrected chi connectivity index (χ3v) is 3.74. The number of halogens is 2. The molecule has 0 aliphatic heterocycles. The SMILES string of the molecule is COc1cc(C=CC(=O)c2cccc(Cl)c2)c(Br)cc1O. The minimum atomic E-state index is -0.156. The second-order valence-corrected chi connectivity index (χ2v) is 5.54. The van der Waals surface area contributed by atoms with Crippen LogP contribution in [0.2, 0.25) is 5.02 Å². The maximum absolute atomic E-state index is 12.1. The van der Waals surface area contributed by atoms with E-state index in [-0.39, 0.29) is 11.5 Å². The number of rotatable bonds is 4. The van der Waals surface area contributed by atoms with Crippen LogP contribution in [-0.2, 0) is 0 Å². The van der Waals surface area contributed by atoms with Crippen LogP contribution in [0, 0.1) is 0 Å². The Morgan fingerprint density at radius 2 is 2.10 bits per heavy atom. The summed E-state index contributed by atoms with van der Waals surface area (Å²) < 4.78 is 5.70. The van der Waals surface area contributed by atoms with Gasteiger partial charge in [-0.25, -0.2) is 0 Å². The minimum Gasteiger partial charge on any atom is -0.504 e. The molecule has 3 nitrogen and oxygen atoms in total.